The van der Waals surface area contributed by atoms with Crippen molar-refractivity contribution in [2.24, 2.45) is 0 Å². The maximum atomic E-state index is 11.8. The fourth-order valence-electron chi connectivity index (χ4n) is 1.34. The predicted molar refractivity (Wildman–Crippen MR) is 70.0 cm³/mol. The minimum absolute atomic E-state index is 0.0527. The minimum Gasteiger partial charge on any atom is -0.449 e. The summed E-state index contributed by atoms with van der Waals surface area (Å²) in [6.07, 6.45) is 3.03. The number of aryl methyl sites for hydroxylation is 1. The molecule has 2 rings (SSSR count). The summed E-state index contributed by atoms with van der Waals surface area (Å²) in [5.41, 5.74) is 1.09. The summed E-state index contributed by atoms with van der Waals surface area (Å²) in [5.74, 6) is -0.149. The molecule has 0 atom stereocenters. The Labute approximate surface area is 108 Å². The van der Waals surface area contributed by atoms with Crippen LogP contribution >= 0.6 is 11.3 Å². The summed E-state index contributed by atoms with van der Waals surface area (Å²) in [6, 6.07) is 7.11. The van der Waals surface area contributed by atoms with E-state index in [1.165, 1.54) is 17.6 Å². The number of nitriles is 1. The number of carbonyl (C=O) groups excluding carboxylic acids is 1. The lowest BCUT2D eigenvalue weighted by Crippen LogP contribution is -2.12. The Balaban J connectivity index is 2.19. The van der Waals surface area contributed by atoms with E-state index in [2.05, 4.69) is 5.32 Å². The normalized spacial score (nSPS) is 11.0. The molecular weight excluding hydrogens is 248 g/mol. The van der Waals surface area contributed by atoms with Crippen LogP contribution in [0, 0.1) is 18.3 Å². The van der Waals surface area contributed by atoms with Gasteiger partial charge in [0.05, 0.1) is 6.26 Å². The van der Waals surface area contributed by atoms with E-state index in [0.29, 0.717) is 5.88 Å². The zero-order valence-corrected chi connectivity index (χ0v) is 10.5. The first-order chi connectivity index (χ1) is 8.70. The topological polar surface area (TPSA) is 66.0 Å². The molecule has 90 valence electrons. The first-order valence-corrected chi connectivity index (χ1v) is 6.09. The number of hydrogen-bond donors (Lipinski definition) is 1. The van der Waals surface area contributed by atoms with Gasteiger partial charge in [-0.2, -0.15) is 5.26 Å². The lowest BCUT2D eigenvalue weighted by Gasteiger charge is -1.99. The molecule has 1 amide bonds. The van der Waals surface area contributed by atoms with Gasteiger partial charge in [-0.15, -0.1) is 11.3 Å². The summed E-state index contributed by atoms with van der Waals surface area (Å²) in [7, 11) is 0. The molecule has 0 spiro atoms. The second-order valence-corrected chi connectivity index (χ2v) is 4.52. The molecule has 0 aliphatic carbocycles. The van der Waals surface area contributed by atoms with Crippen molar-refractivity contribution in [2.45, 2.75) is 6.92 Å². The van der Waals surface area contributed by atoms with Gasteiger partial charge in [-0.1, -0.05) is 0 Å². The second kappa shape index (κ2) is 5.34. The molecule has 0 saturated carbocycles. The monoisotopic (exact) mass is 258 g/mol. The zero-order chi connectivity index (χ0) is 13.0. The van der Waals surface area contributed by atoms with Gasteiger partial charge >= 0.3 is 0 Å². The van der Waals surface area contributed by atoms with E-state index in [0.717, 1.165) is 10.4 Å². The molecule has 0 unspecified atom stereocenters. The van der Waals surface area contributed by atoms with Gasteiger partial charge < -0.3 is 4.42 Å². The maximum absolute atomic E-state index is 11.8. The molecule has 0 saturated heterocycles. The first-order valence-electron chi connectivity index (χ1n) is 5.21. The first kappa shape index (κ1) is 12.1. The van der Waals surface area contributed by atoms with Crippen LogP contribution in [0.4, 0.5) is 5.88 Å². The number of anilines is 1. The Morgan fingerprint density at radius 3 is 2.94 bits per heavy atom. The second-order valence-electron chi connectivity index (χ2n) is 3.57. The molecule has 2 aromatic heterocycles. The number of hydrogen-bond acceptors (Lipinski definition) is 4. The van der Waals surface area contributed by atoms with E-state index in [9.17, 15) is 4.79 Å². The molecule has 0 radical (unpaired) electrons. The molecule has 0 bridgehead atoms. The lowest BCUT2D eigenvalue weighted by atomic mass is 10.2. The number of nitrogens with zero attached hydrogens (tertiary/aromatic N) is 1. The van der Waals surface area contributed by atoms with E-state index in [4.69, 9.17) is 9.68 Å². The Morgan fingerprint density at radius 1 is 1.56 bits per heavy atom. The van der Waals surface area contributed by atoms with Crippen molar-refractivity contribution >= 4 is 29.2 Å². The van der Waals surface area contributed by atoms with E-state index < -0.39 is 5.91 Å². The van der Waals surface area contributed by atoms with E-state index in [1.807, 2.05) is 24.4 Å². The molecule has 0 aromatic carbocycles. The molecule has 18 heavy (non-hydrogen) atoms. The minimum atomic E-state index is -0.472. The fraction of sp³-hybridized carbons (Fsp3) is 0.0769. The predicted octanol–water partition coefficient (Wildman–Crippen LogP) is 3.20. The zero-order valence-electron chi connectivity index (χ0n) is 9.64. The number of thiophene rings is 1. The van der Waals surface area contributed by atoms with Crippen LogP contribution in [-0.4, -0.2) is 5.91 Å². The van der Waals surface area contributed by atoms with Crippen molar-refractivity contribution < 1.29 is 9.21 Å². The number of furan rings is 1. The summed E-state index contributed by atoms with van der Waals surface area (Å²) < 4.78 is 4.99. The molecule has 0 aliphatic rings. The fourth-order valence-corrected chi connectivity index (χ4v) is 2.20. The van der Waals surface area contributed by atoms with Gasteiger partial charge in [-0.25, -0.2) is 0 Å². The Bertz CT molecular complexity index is 618. The van der Waals surface area contributed by atoms with Gasteiger partial charge in [-0.3, -0.25) is 10.1 Å². The maximum Gasteiger partial charge on any atom is 0.268 e. The summed E-state index contributed by atoms with van der Waals surface area (Å²) >= 11 is 1.49. The quantitative estimate of drug-likeness (QED) is 0.679. The highest BCUT2D eigenvalue weighted by Gasteiger charge is 2.11. The molecule has 4 nitrogen and oxygen atoms in total. The Kier molecular flexibility index (Phi) is 3.60. The van der Waals surface area contributed by atoms with Crippen LogP contribution in [0.5, 0.6) is 0 Å². The van der Waals surface area contributed by atoms with Crippen molar-refractivity contribution in [3.05, 3.63) is 45.9 Å². The van der Waals surface area contributed by atoms with Crippen LogP contribution < -0.4 is 5.32 Å². The summed E-state index contributed by atoms with van der Waals surface area (Å²) in [5, 5.41) is 13.4. The van der Waals surface area contributed by atoms with E-state index in [1.54, 1.807) is 18.2 Å². The number of rotatable bonds is 3. The van der Waals surface area contributed by atoms with Gasteiger partial charge in [0.25, 0.3) is 5.91 Å². The highest BCUT2D eigenvalue weighted by molar-refractivity contribution is 7.11. The van der Waals surface area contributed by atoms with Gasteiger partial charge in [0, 0.05) is 10.9 Å². The van der Waals surface area contributed by atoms with Crippen molar-refractivity contribution in [3.63, 3.8) is 0 Å². The van der Waals surface area contributed by atoms with E-state index >= 15 is 0 Å². The highest BCUT2D eigenvalue weighted by Crippen LogP contribution is 2.19. The van der Waals surface area contributed by atoms with Gasteiger partial charge in [0.2, 0.25) is 0 Å². The van der Waals surface area contributed by atoms with Crippen LogP contribution in [0.25, 0.3) is 6.08 Å². The summed E-state index contributed by atoms with van der Waals surface area (Å²) in [6.45, 7) is 1.93. The number of amides is 1. The van der Waals surface area contributed by atoms with Crippen LogP contribution in [0.2, 0.25) is 0 Å². The van der Waals surface area contributed by atoms with Gasteiger partial charge in [0.1, 0.15) is 11.6 Å². The molecule has 1 N–H and O–H groups in total. The molecule has 2 aromatic rings. The standard InChI is InChI=1S/C13H10N2O2S/c1-9-4-6-18-11(9)7-10(8-14)13(16)15-12-3-2-5-17-12/h2-7H,1H3,(H,15,16)/b10-7+. The van der Waals surface area contributed by atoms with Crippen molar-refractivity contribution in [1.82, 2.24) is 0 Å². The molecule has 2 heterocycles. The van der Waals surface area contributed by atoms with Crippen molar-refractivity contribution in [2.75, 3.05) is 5.32 Å². The number of nitrogens with one attached hydrogen (secondary N) is 1. The largest absolute Gasteiger partial charge is 0.449 e. The molecular formula is C13H10N2O2S. The number of carbonyl (C=O) groups is 1. The third kappa shape index (κ3) is 2.67. The highest BCUT2D eigenvalue weighted by atomic mass is 32.1. The van der Waals surface area contributed by atoms with Crippen LogP contribution in [0.1, 0.15) is 10.4 Å². The summed E-state index contributed by atoms with van der Waals surface area (Å²) in [4.78, 5) is 12.7. The van der Waals surface area contributed by atoms with Gasteiger partial charge in [-0.05, 0) is 36.1 Å². The van der Waals surface area contributed by atoms with Crippen molar-refractivity contribution in [3.8, 4) is 6.07 Å². The average Bonchev–Trinajstić information content (AvgIpc) is 2.98. The van der Waals surface area contributed by atoms with Crippen LogP contribution in [0.3, 0.4) is 0 Å². The lowest BCUT2D eigenvalue weighted by molar-refractivity contribution is -0.112. The molecule has 5 heteroatoms. The average molecular weight is 258 g/mol. The molecule has 0 fully saturated rings. The smallest absolute Gasteiger partial charge is 0.268 e. The van der Waals surface area contributed by atoms with Crippen LogP contribution in [0.15, 0.2) is 39.8 Å². The van der Waals surface area contributed by atoms with Crippen LogP contribution in [-0.2, 0) is 4.79 Å². The van der Waals surface area contributed by atoms with Crippen molar-refractivity contribution in [1.29, 1.82) is 5.26 Å². The Hall–Kier alpha value is -2.32. The third-order valence-corrected chi connectivity index (χ3v) is 3.27. The van der Waals surface area contributed by atoms with Gasteiger partial charge in [0.15, 0.2) is 5.88 Å². The SMILES string of the molecule is Cc1ccsc1/C=C(\C#N)C(=O)Nc1ccco1. The Morgan fingerprint density at radius 2 is 2.39 bits per heavy atom. The molecule has 0 aliphatic heterocycles. The third-order valence-electron chi connectivity index (χ3n) is 2.30. The van der Waals surface area contributed by atoms with E-state index in [-0.39, 0.29) is 5.57 Å².